The second-order valence-corrected chi connectivity index (χ2v) is 8.38. The minimum absolute atomic E-state index is 0.312. The van der Waals surface area contributed by atoms with Crippen LogP contribution in [0.15, 0.2) is 0 Å². The molecule has 2 amide bonds. The molecule has 0 heterocycles. The van der Waals surface area contributed by atoms with Gasteiger partial charge in [0.25, 0.3) is 0 Å². The van der Waals surface area contributed by atoms with Crippen LogP contribution in [0.5, 0.6) is 0 Å². The molecule has 0 aliphatic carbocycles. The molecule has 0 aromatic rings. The van der Waals surface area contributed by atoms with Gasteiger partial charge in [0, 0.05) is 6.54 Å². The zero-order valence-electron chi connectivity index (χ0n) is 17.0. The smallest absolute Gasteiger partial charge is 0.419 e. The summed E-state index contributed by atoms with van der Waals surface area (Å²) in [6.45, 7) is 11.0. The lowest BCUT2D eigenvalue weighted by molar-refractivity contribution is 0.00118. The lowest BCUT2D eigenvalue weighted by Crippen LogP contribution is -2.44. The van der Waals surface area contributed by atoms with E-state index in [2.05, 4.69) is 0 Å². The predicted molar refractivity (Wildman–Crippen MR) is 102 cm³/mol. The number of carbonyl (C=O) groups is 2. The third-order valence-corrected chi connectivity index (χ3v) is 3.31. The van der Waals surface area contributed by atoms with Gasteiger partial charge in [-0.25, -0.2) is 14.5 Å². The van der Waals surface area contributed by atoms with Crippen molar-refractivity contribution in [2.24, 2.45) is 0 Å². The van der Waals surface area contributed by atoms with E-state index < -0.39 is 23.4 Å². The fourth-order valence-corrected chi connectivity index (χ4v) is 2.19. The molecule has 0 fully saturated rings. The molecule has 0 aromatic carbocycles. The van der Waals surface area contributed by atoms with E-state index in [0.717, 1.165) is 43.3 Å². The zero-order valence-corrected chi connectivity index (χ0v) is 17.0. The number of hydrogen-bond acceptors (Lipinski definition) is 4. The molecule has 0 aromatic heterocycles. The van der Waals surface area contributed by atoms with Crippen molar-refractivity contribution in [3.63, 3.8) is 0 Å². The normalized spacial score (nSPS) is 11.9. The average Bonchev–Trinajstić information content (AvgIpc) is 2.41. The zero-order chi connectivity index (χ0) is 19.5. The Kier molecular flexibility index (Phi) is 10.9. The summed E-state index contributed by atoms with van der Waals surface area (Å²) in [5.41, 5.74) is -1.30. The van der Waals surface area contributed by atoms with E-state index in [1.54, 1.807) is 41.5 Å². The van der Waals surface area contributed by atoms with Gasteiger partial charge in [-0.05, 0) is 48.0 Å². The van der Waals surface area contributed by atoms with Crippen LogP contribution in [-0.2, 0) is 9.47 Å². The molecule has 0 N–H and O–H groups in total. The van der Waals surface area contributed by atoms with E-state index >= 15 is 0 Å². The van der Waals surface area contributed by atoms with Gasteiger partial charge in [-0.1, -0.05) is 44.8 Å². The summed E-state index contributed by atoms with van der Waals surface area (Å²) in [7, 11) is 5.48. The Labute approximate surface area is 155 Å². The van der Waals surface area contributed by atoms with E-state index in [4.69, 9.17) is 17.3 Å². The van der Waals surface area contributed by atoms with E-state index in [9.17, 15) is 9.59 Å². The first-order valence-electron chi connectivity index (χ1n) is 9.40. The fraction of sp³-hybridized carbons (Fsp3) is 0.895. The molecule has 0 saturated heterocycles. The van der Waals surface area contributed by atoms with E-state index in [1.165, 1.54) is 12.8 Å². The number of ether oxygens (including phenoxy) is 2. The van der Waals surface area contributed by atoms with Crippen LogP contribution in [0.1, 0.15) is 86.5 Å². The van der Waals surface area contributed by atoms with Gasteiger partial charge in [0.05, 0.1) is 7.85 Å². The second-order valence-electron chi connectivity index (χ2n) is 8.38. The number of imide groups is 1. The first-order chi connectivity index (χ1) is 11.5. The third-order valence-electron chi connectivity index (χ3n) is 3.31. The summed E-state index contributed by atoms with van der Waals surface area (Å²) in [5, 5.41) is 0. The maximum absolute atomic E-state index is 12.3. The maximum atomic E-state index is 12.3. The summed E-state index contributed by atoms with van der Waals surface area (Å²) >= 11 is 0. The van der Waals surface area contributed by atoms with Crippen molar-refractivity contribution in [2.75, 3.05) is 6.54 Å². The van der Waals surface area contributed by atoms with Gasteiger partial charge < -0.3 is 9.47 Å². The number of unbranched alkanes of at least 4 members (excludes halogenated alkanes) is 6. The molecule has 2 radical (unpaired) electrons. The lowest BCUT2D eigenvalue weighted by atomic mass is 9.98. The van der Waals surface area contributed by atoms with Crippen LogP contribution in [0.25, 0.3) is 0 Å². The number of carbonyl (C=O) groups excluding carboxylic acids is 2. The minimum atomic E-state index is -0.652. The Morgan fingerprint density at radius 1 is 0.720 bits per heavy atom. The molecule has 144 valence electrons. The van der Waals surface area contributed by atoms with Crippen LogP contribution in [0.2, 0.25) is 6.32 Å². The maximum Gasteiger partial charge on any atom is 0.419 e. The van der Waals surface area contributed by atoms with Crippen LogP contribution in [0.4, 0.5) is 9.59 Å². The van der Waals surface area contributed by atoms with Gasteiger partial charge in [-0.3, -0.25) is 0 Å². The topological polar surface area (TPSA) is 55.8 Å². The first kappa shape index (κ1) is 23.8. The number of amides is 2. The van der Waals surface area contributed by atoms with Crippen LogP contribution < -0.4 is 0 Å². The molecular formula is C19H36BNO4. The summed E-state index contributed by atoms with van der Waals surface area (Å²) in [5.74, 6) is 0. The highest BCUT2D eigenvalue weighted by molar-refractivity contribution is 6.08. The van der Waals surface area contributed by atoms with E-state index in [-0.39, 0.29) is 0 Å². The van der Waals surface area contributed by atoms with Crippen molar-refractivity contribution in [1.82, 2.24) is 4.90 Å². The molecular weight excluding hydrogens is 317 g/mol. The molecule has 0 spiro atoms. The summed E-state index contributed by atoms with van der Waals surface area (Å²) in [4.78, 5) is 25.7. The van der Waals surface area contributed by atoms with Crippen LogP contribution in [0, 0.1) is 0 Å². The Hall–Kier alpha value is -1.20. The number of nitrogens with zero attached hydrogens (tertiary/aromatic N) is 1. The summed E-state index contributed by atoms with van der Waals surface area (Å²) in [6, 6.07) is 0. The molecule has 0 bridgehead atoms. The molecule has 0 aliphatic heterocycles. The van der Waals surface area contributed by atoms with Gasteiger partial charge in [0.1, 0.15) is 11.2 Å². The number of hydrogen-bond donors (Lipinski definition) is 0. The highest BCUT2D eigenvalue weighted by Crippen LogP contribution is 2.16. The molecule has 5 nitrogen and oxygen atoms in total. The SMILES string of the molecule is [B]CCCCCCCCCN(C(=O)OC(C)(C)C)C(=O)OC(C)(C)C. The largest absolute Gasteiger partial charge is 0.443 e. The Balaban J connectivity index is 4.45. The molecule has 25 heavy (non-hydrogen) atoms. The van der Waals surface area contributed by atoms with Gasteiger partial charge in [0.15, 0.2) is 0 Å². The van der Waals surface area contributed by atoms with Gasteiger partial charge >= 0.3 is 12.2 Å². The molecule has 0 aliphatic rings. The van der Waals surface area contributed by atoms with Gasteiger partial charge in [-0.15, -0.1) is 0 Å². The van der Waals surface area contributed by atoms with Gasteiger partial charge in [0.2, 0.25) is 0 Å². The van der Waals surface area contributed by atoms with Crippen molar-refractivity contribution < 1.29 is 19.1 Å². The molecule has 0 rings (SSSR count). The van der Waals surface area contributed by atoms with Crippen LogP contribution in [-0.4, -0.2) is 42.7 Å². The van der Waals surface area contributed by atoms with Crippen molar-refractivity contribution >= 4 is 20.0 Å². The molecule has 0 atom stereocenters. The Morgan fingerprint density at radius 3 is 1.44 bits per heavy atom. The van der Waals surface area contributed by atoms with Gasteiger partial charge in [-0.2, -0.15) is 0 Å². The first-order valence-corrected chi connectivity index (χ1v) is 9.40. The van der Waals surface area contributed by atoms with E-state index in [0.29, 0.717) is 6.54 Å². The summed E-state index contributed by atoms with van der Waals surface area (Å²) in [6.07, 6.45) is 6.82. The van der Waals surface area contributed by atoms with Crippen molar-refractivity contribution in [2.45, 2.75) is 104 Å². The average molecular weight is 353 g/mol. The highest BCUT2D eigenvalue weighted by Gasteiger charge is 2.30. The Morgan fingerprint density at radius 2 is 1.08 bits per heavy atom. The monoisotopic (exact) mass is 353 g/mol. The lowest BCUT2D eigenvalue weighted by Gasteiger charge is -2.28. The fourth-order valence-electron chi connectivity index (χ4n) is 2.19. The highest BCUT2D eigenvalue weighted by atomic mass is 16.6. The Bertz CT molecular complexity index is 371. The van der Waals surface area contributed by atoms with Crippen molar-refractivity contribution in [3.05, 3.63) is 0 Å². The van der Waals surface area contributed by atoms with Crippen molar-refractivity contribution in [1.29, 1.82) is 0 Å². The quantitative estimate of drug-likeness (QED) is 0.407. The third kappa shape index (κ3) is 13.7. The van der Waals surface area contributed by atoms with Crippen molar-refractivity contribution in [3.8, 4) is 0 Å². The summed E-state index contributed by atoms with van der Waals surface area (Å²) < 4.78 is 10.7. The standard InChI is InChI=1S/C19H36BNO4/c1-18(2,3)24-16(22)21(17(23)25-19(4,5)6)15-13-11-9-7-8-10-12-14-20/h7-15H2,1-6H3. The number of rotatable bonds is 9. The second kappa shape index (κ2) is 11.4. The molecule has 0 unspecified atom stereocenters. The van der Waals surface area contributed by atoms with Crippen LogP contribution in [0.3, 0.4) is 0 Å². The van der Waals surface area contributed by atoms with E-state index in [1.807, 2.05) is 0 Å². The predicted octanol–water partition coefficient (Wildman–Crippen LogP) is 5.48. The van der Waals surface area contributed by atoms with Crippen LogP contribution >= 0.6 is 0 Å². The molecule has 0 saturated carbocycles. The minimum Gasteiger partial charge on any atom is -0.443 e. The molecule has 6 heteroatoms.